The van der Waals surface area contributed by atoms with Gasteiger partial charge in [-0.05, 0) is 13.0 Å². The molecule has 0 N–H and O–H groups in total. The third kappa shape index (κ3) is 5.28. The van der Waals surface area contributed by atoms with Crippen molar-refractivity contribution in [2.24, 2.45) is 0 Å². The van der Waals surface area contributed by atoms with Gasteiger partial charge in [-0.3, -0.25) is 10.1 Å². The van der Waals surface area contributed by atoms with Gasteiger partial charge in [-0.1, -0.05) is 20.8 Å². The van der Waals surface area contributed by atoms with E-state index in [2.05, 4.69) is 0 Å². The molecule has 0 heterocycles. The summed E-state index contributed by atoms with van der Waals surface area (Å²) in [6.07, 6.45) is 2.02. The van der Waals surface area contributed by atoms with E-state index >= 15 is 0 Å². The highest BCUT2D eigenvalue weighted by Gasteiger charge is 2.01. The molecule has 10 heavy (non-hydrogen) atoms. The highest BCUT2D eigenvalue weighted by atomic mass is 16.6. The van der Waals surface area contributed by atoms with Crippen LogP contribution in [0.5, 0.6) is 0 Å². The van der Waals surface area contributed by atoms with Gasteiger partial charge < -0.3 is 0 Å². The fourth-order valence-corrected chi connectivity index (χ4v) is 0.439. The molecule has 3 nitrogen and oxygen atoms in total. The Bertz CT molecular complexity index is 119. The first-order valence-electron chi connectivity index (χ1n) is 3.52. The van der Waals surface area contributed by atoms with Crippen molar-refractivity contribution in [3.63, 3.8) is 0 Å². The minimum Gasteiger partial charge on any atom is -0.259 e. The highest BCUT2D eigenvalue weighted by Crippen LogP contribution is 1.98. The quantitative estimate of drug-likeness (QED) is 0.442. The average Bonchev–Trinajstić information content (AvgIpc) is 1.94. The molecule has 0 rings (SSSR count). The minimum absolute atomic E-state index is 0.282. The van der Waals surface area contributed by atoms with Gasteiger partial charge in [0.05, 0.1) is 4.92 Å². The molecule has 3 heteroatoms. The monoisotopic (exact) mass is 145 g/mol. The Kier molecular flexibility index (Phi) is 9.67. The lowest BCUT2D eigenvalue weighted by Gasteiger charge is -1.87. The molecule has 0 aliphatic rings. The summed E-state index contributed by atoms with van der Waals surface area (Å²) in [5.74, 6) is 0. The molecule has 0 saturated carbocycles. The Labute approximate surface area is 61.9 Å². The van der Waals surface area contributed by atoms with Crippen LogP contribution in [0.4, 0.5) is 0 Å². The van der Waals surface area contributed by atoms with Crippen LogP contribution in [-0.2, 0) is 0 Å². The summed E-state index contributed by atoms with van der Waals surface area (Å²) < 4.78 is 0. The summed E-state index contributed by atoms with van der Waals surface area (Å²) in [7, 11) is 0. The van der Waals surface area contributed by atoms with Crippen LogP contribution in [0.1, 0.15) is 34.1 Å². The van der Waals surface area contributed by atoms with Crippen molar-refractivity contribution >= 4 is 0 Å². The molecule has 0 unspecified atom stereocenters. The van der Waals surface area contributed by atoms with Gasteiger partial charge in [0.1, 0.15) is 0 Å². The van der Waals surface area contributed by atoms with E-state index in [4.69, 9.17) is 0 Å². The smallest absolute Gasteiger partial charge is 0.241 e. The Morgan fingerprint density at radius 1 is 1.60 bits per heavy atom. The Morgan fingerprint density at radius 3 is 2.00 bits per heavy atom. The van der Waals surface area contributed by atoms with Crippen LogP contribution in [0, 0.1) is 10.1 Å². The molecule has 0 saturated heterocycles. The maximum absolute atomic E-state index is 9.90. The fraction of sp³-hybridized carbons (Fsp3) is 0.714. The molecular formula is C7H15NO2. The first kappa shape index (κ1) is 11.9. The standard InChI is InChI=1S/C5H9NO2.C2H6/c1-3-5(4-2)6(7)8;1-2/h3H,4H2,1-2H3;1-2H3/b5-3+;. The Morgan fingerprint density at radius 2 is 2.00 bits per heavy atom. The van der Waals surface area contributed by atoms with Gasteiger partial charge in [0.15, 0.2) is 0 Å². The van der Waals surface area contributed by atoms with Crippen molar-refractivity contribution in [2.45, 2.75) is 34.1 Å². The molecule has 60 valence electrons. The molecule has 0 spiro atoms. The zero-order valence-electron chi connectivity index (χ0n) is 7.05. The second-order valence-corrected chi connectivity index (χ2v) is 1.39. The second kappa shape index (κ2) is 8.14. The number of nitro groups is 1. The van der Waals surface area contributed by atoms with Crippen molar-refractivity contribution < 1.29 is 4.92 Å². The van der Waals surface area contributed by atoms with Crippen molar-refractivity contribution in [3.05, 3.63) is 21.9 Å². The molecule has 0 fully saturated rings. The van der Waals surface area contributed by atoms with E-state index in [1.807, 2.05) is 13.8 Å². The SMILES string of the molecule is C/C=C(\CC)[N+](=O)[O-].CC. The fourth-order valence-electron chi connectivity index (χ4n) is 0.439. The van der Waals surface area contributed by atoms with Gasteiger partial charge in [-0.2, -0.15) is 0 Å². The molecule has 0 aromatic rings. The van der Waals surface area contributed by atoms with Crippen molar-refractivity contribution in [2.75, 3.05) is 0 Å². The first-order valence-corrected chi connectivity index (χ1v) is 3.52. The van der Waals surface area contributed by atoms with Crippen molar-refractivity contribution in [1.29, 1.82) is 0 Å². The number of nitrogens with zero attached hydrogens (tertiary/aromatic N) is 1. The number of hydrogen-bond donors (Lipinski definition) is 0. The van der Waals surface area contributed by atoms with Gasteiger partial charge in [0.25, 0.3) is 0 Å². The minimum atomic E-state index is -0.361. The lowest BCUT2D eigenvalue weighted by Crippen LogP contribution is -1.95. The van der Waals surface area contributed by atoms with E-state index in [1.54, 1.807) is 13.8 Å². The molecule has 0 aliphatic carbocycles. The van der Waals surface area contributed by atoms with E-state index in [9.17, 15) is 10.1 Å². The lowest BCUT2D eigenvalue weighted by molar-refractivity contribution is -0.427. The zero-order valence-corrected chi connectivity index (χ0v) is 7.05. The van der Waals surface area contributed by atoms with Crippen LogP contribution >= 0.6 is 0 Å². The molecule has 0 aliphatic heterocycles. The summed E-state index contributed by atoms with van der Waals surface area (Å²) in [6, 6.07) is 0. The average molecular weight is 145 g/mol. The highest BCUT2D eigenvalue weighted by molar-refractivity contribution is 4.86. The summed E-state index contributed by atoms with van der Waals surface area (Å²) in [5, 5.41) is 9.90. The van der Waals surface area contributed by atoms with Gasteiger partial charge in [0, 0.05) is 6.42 Å². The van der Waals surface area contributed by atoms with Gasteiger partial charge >= 0.3 is 0 Å². The molecule has 0 amide bonds. The predicted octanol–water partition coefficient (Wildman–Crippen LogP) is 2.60. The van der Waals surface area contributed by atoms with Crippen molar-refractivity contribution in [3.8, 4) is 0 Å². The summed E-state index contributed by atoms with van der Waals surface area (Å²) >= 11 is 0. The van der Waals surface area contributed by atoms with E-state index in [-0.39, 0.29) is 10.6 Å². The van der Waals surface area contributed by atoms with Crippen LogP contribution in [0.2, 0.25) is 0 Å². The predicted molar refractivity (Wildman–Crippen MR) is 42.4 cm³/mol. The molecule has 0 aromatic heterocycles. The van der Waals surface area contributed by atoms with Crippen LogP contribution in [0.15, 0.2) is 11.8 Å². The van der Waals surface area contributed by atoms with Crippen LogP contribution in [0.25, 0.3) is 0 Å². The van der Waals surface area contributed by atoms with Crippen LogP contribution in [-0.4, -0.2) is 4.92 Å². The largest absolute Gasteiger partial charge is 0.259 e. The van der Waals surface area contributed by atoms with E-state index in [0.29, 0.717) is 6.42 Å². The summed E-state index contributed by atoms with van der Waals surface area (Å²) in [5.41, 5.74) is 0.282. The Hall–Kier alpha value is -0.860. The normalized spacial score (nSPS) is 9.80. The second-order valence-electron chi connectivity index (χ2n) is 1.39. The maximum atomic E-state index is 9.90. The first-order chi connectivity index (χ1) is 4.72. The van der Waals surface area contributed by atoms with Gasteiger partial charge in [-0.15, -0.1) is 0 Å². The molecular weight excluding hydrogens is 130 g/mol. The third-order valence-corrected chi connectivity index (χ3v) is 0.930. The van der Waals surface area contributed by atoms with E-state index in [1.165, 1.54) is 6.08 Å². The van der Waals surface area contributed by atoms with Crippen LogP contribution in [0.3, 0.4) is 0 Å². The summed E-state index contributed by atoms with van der Waals surface area (Å²) in [6.45, 7) is 7.43. The van der Waals surface area contributed by atoms with Gasteiger partial charge in [0.2, 0.25) is 5.70 Å². The number of hydrogen-bond acceptors (Lipinski definition) is 2. The molecule has 0 bridgehead atoms. The van der Waals surface area contributed by atoms with Gasteiger partial charge in [-0.25, -0.2) is 0 Å². The molecule has 0 aromatic carbocycles. The molecule has 0 radical (unpaired) electrons. The molecule has 0 atom stereocenters. The van der Waals surface area contributed by atoms with Crippen molar-refractivity contribution in [1.82, 2.24) is 0 Å². The number of allylic oxidation sites excluding steroid dienone is 2. The topological polar surface area (TPSA) is 43.1 Å². The number of rotatable bonds is 2. The Balaban J connectivity index is 0. The maximum Gasteiger partial charge on any atom is 0.241 e. The van der Waals surface area contributed by atoms with Crippen LogP contribution < -0.4 is 0 Å². The van der Waals surface area contributed by atoms with E-state index < -0.39 is 0 Å². The lowest BCUT2D eigenvalue weighted by atomic mass is 10.3. The van der Waals surface area contributed by atoms with E-state index in [0.717, 1.165) is 0 Å². The summed E-state index contributed by atoms with van der Waals surface area (Å²) in [4.78, 5) is 9.54. The third-order valence-electron chi connectivity index (χ3n) is 0.930. The zero-order chi connectivity index (χ0) is 8.57.